The van der Waals surface area contributed by atoms with E-state index in [9.17, 15) is 35.9 Å². The highest BCUT2D eigenvalue weighted by Gasteiger charge is 2.77. The zero-order valence-electron chi connectivity index (χ0n) is 10.3. The summed E-state index contributed by atoms with van der Waals surface area (Å²) in [5.74, 6) is -23.7. The van der Waals surface area contributed by atoms with Crippen LogP contribution in [0, 0.1) is 0 Å². The van der Waals surface area contributed by atoms with Crippen LogP contribution in [0.25, 0.3) is 0 Å². The summed E-state index contributed by atoms with van der Waals surface area (Å²) in [6, 6.07) is 0. The molecule has 6 nitrogen and oxygen atoms in total. The molecule has 4 N–H and O–H groups in total. The van der Waals surface area contributed by atoms with Gasteiger partial charge in [0.15, 0.2) is 0 Å². The lowest BCUT2D eigenvalue weighted by Gasteiger charge is -2.30. The van der Waals surface area contributed by atoms with E-state index in [1.165, 1.54) is 0 Å². The number of amides is 2. The number of halogens is 6. The summed E-state index contributed by atoms with van der Waals surface area (Å²) in [6.45, 7) is -3.51. The van der Waals surface area contributed by atoms with Crippen LogP contribution in [0.4, 0.5) is 26.3 Å². The zero-order valence-corrected chi connectivity index (χ0v) is 10.3. The molecule has 0 radical (unpaired) electrons. The Balaban J connectivity index is 5.30. The van der Waals surface area contributed by atoms with Gasteiger partial charge in [0.25, 0.3) is 11.8 Å². The van der Waals surface area contributed by atoms with E-state index in [-0.39, 0.29) is 0 Å². The first-order valence-corrected chi connectivity index (χ1v) is 5.38. The van der Waals surface area contributed by atoms with Crippen LogP contribution in [0.15, 0.2) is 0 Å². The fourth-order valence-electron chi connectivity index (χ4n) is 1.04. The van der Waals surface area contributed by atoms with Gasteiger partial charge >= 0.3 is 17.8 Å². The maximum absolute atomic E-state index is 13.2. The number of alkyl halides is 6. The van der Waals surface area contributed by atoms with E-state index in [0.29, 0.717) is 0 Å². The van der Waals surface area contributed by atoms with Crippen LogP contribution in [0.5, 0.6) is 0 Å². The summed E-state index contributed by atoms with van der Waals surface area (Å²) in [7, 11) is 0. The van der Waals surface area contributed by atoms with Crippen LogP contribution in [0.2, 0.25) is 0 Å². The predicted octanol–water partition coefficient (Wildman–Crippen LogP) is -0.891. The Hall–Kier alpha value is -1.56. The number of carbonyl (C=O) groups is 2. The molecule has 12 heteroatoms. The minimum Gasteiger partial charge on any atom is -0.395 e. The van der Waals surface area contributed by atoms with Gasteiger partial charge in [0, 0.05) is 13.1 Å². The van der Waals surface area contributed by atoms with Gasteiger partial charge in [-0.05, 0) is 0 Å². The third-order valence-corrected chi connectivity index (χ3v) is 2.15. The van der Waals surface area contributed by atoms with E-state index < -0.39 is 55.9 Å². The second kappa shape index (κ2) is 6.93. The average Bonchev–Trinajstić information content (AvgIpc) is 2.41. The van der Waals surface area contributed by atoms with Crippen molar-refractivity contribution in [3.8, 4) is 0 Å². The number of nitrogens with one attached hydrogen (secondary N) is 2. The number of carbonyl (C=O) groups excluding carboxylic acids is 2. The van der Waals surface area contributed by atoms with Crippen LogP contribution in [-0.2, 0) is 9.59 Å². The molecule has 0 saturated carbocycles. The van der Waals surface area contributed by atoms with Gasteiger partial charge < -0.3 is 20.8 Å². The topological polar surface area (TPSA) is 98.7 Å². The van der Waals surface area contributed by atoms with Gasteiger partial charge in [-0.1, -0.05) is 0 Å². The third kappa shape index (κ3) is 3.75. The smallest absolute Gasteiger partial charge is 0.393 e. The van der Waals surface area contributed by atoms with Crippen LogP contribution >= 0.6 is 0 Å². The maximum atomic E-state index is 13.2. The van der Waals surface area contributed by atoms with Crippen molar-refractivity contribution in [1.29, 1.82) is 0 Å². The van der Waals surface area contributed by atoms with Crippen molar-refractivity contribution in [2.75, 3.05) is 26.3 Å². The minimum absolute atomic E-state index is 0.868. The van der Waals surface area contributed by atoms with Gasteiger partial charge in [0.05, 0.1) is 13.2 Å². The van der Waals surface area contributed by atoms with E-state index in [1.54, 1.807) is 0 Å². The van der Waals surface area contributed by atoms with Crippen molar-refractivity contribution in [3.05, 3.63) is 0 Å². The van der Waals surface area contributed by atoms with E-state index in [1.807, 2.05) is 0 Å². The molecule has 0 aliphatic rings. The van der Waals surface area contributed by atoms with E-state index >= 15 is 0 Å². The summed E-state index contributed by atoms with van der Waals surface area (Å²) in [6.07, 6.45) is 0. The number of hydrogen-bond donors (Lipinski definition) is 4. The predicted molar refractivity (Wildman–Crippen MR) is 55.0 cm³/mol. The van der Waals surface area contributed by atoms with Crippen LogP contribution in [0.3, 0.4) is 0 Å². The lowest BCUT2D eigenvalue weighted by Crippen LogP contribution is -2.65. The summed E-state index contributed by atoms with van der Waals surface area (Å²) in [4.78, 5) is 21.6. The number of aliphatic hydroxyl groups excluding tert-OH is 2. The molecule has 0 bridgehead atoms. The summed E-state index contributed by atoms with van der Waals surface area (Å²) >= 11 is 0. The Morgan fingerprint density at radius 1 is 0.762 bits per heavy atom. The summed E-state index contributed by atoms with van der Waals surface area (Å²) < 4.78 is 79.0. The normalized spacial score (nSPS) is 13.0. The summed E-state index contributed by atoms with van der Waals surface area (Å²) in [5, 5.41) is 18.7. The number of rotatable bonds is 8. The second-order valence-corrected chi connectivity index (χ2v) is 3.68. The first-order chi connectivity index (χ1) is 9.46. The first kappa shape index (κ1) is 19.4. The van der Waals surface area contributed by atoms with E-state index in [4.69, 9.17) is 10.2 Å². The number of hydrogen-bond acceptors (Lipinski definition) is 4. The van der Waals surface area contributed by atoms with Crippen LogP contribution < -0.4 is 10.6 Å². The Kier molecular flexibility index (Phi) is 6.42. The standard InChI is InChI=1S/C9H12F6N2O4/c10-7(11,5(20)16-1-3-18)9(14,15)8(12,13)6(21)17-2-4-19/h18-19H,1-4H2,(H,16,20)(H,17,21). The average molecular weight is 326 g/mol. The maximum Gasteiger partial charge on any atom is 0.393 e. The molecular weight excluding hydrogens is 314 g/mol. The Morgan fingerprint density at radius 2 is 1.05 bits per heavy atom. The molecule has 0 fully saturated rings. The Morgan fingerprint density at radius 3 is 1.29 bits per heavy atom. The summed E-state index contributed by atoms with van der Waals surface area (Å²) in [5.41, 5.74) is 0. The van der Waals surface area contributed by atoms with Crippen LogP contribution in [0.1, 0.15) is 0 Å². The molecule has 0 saturated heterocycles. The largest absolute Gasteiger partial charge is 0.395 e. The third-order valence-electron chi connectivity index (χ3n) is 2.15. The van der Waals surface area contributed by atoms with Gasteiger partial charge in [-0.3, -0.25) is 9.59 Å². The van der Waals surface area contributed by atoms with Gasteiger partial charge in [-0.15, -0.1) is 0 Å². The van der Waals surface area contributed by atoms with E-state index in [2.05, 4.69) is 0 Å². The second-order valence-electron chi connectivity index (χ2n) is 3.68. The van der Waals surface area contributed by atoms with Crippen molar-refractivity contribution in [2.45, 2.75) is 17.8 Å². The quantitative estimate of drug-likeness (QED) is 0.435. The zero-order chi connectivity index (χ0) is 16.9. The Labute approximate surface area is 114 Å². The molecule has 124 valence electrons. The van der Waals surface area contributed by atoms with Crippen molar-refractivity contribution in [3.63, 3.8) is 0 Å². The number of aliphatic hydroxyl groups is 2. The molecule has 0 heterocycles. The molecule has 0 aromatic carbocycles. The highest BCUT2D eigenvalue weighted by molar-refractivity contribution is 5.89. The Bertz CT molecular complexity index is 356. The van der Waals surface area contributed by atoms with Crippen molar-refractivity contribution < 1.29 is 46.1 Å². The molecule has 0 rings (SSSR count). The lowest BCUT2D eigenvalue weighted by molar-refractivity contribution is -0.287. The SMILES string of the molecule is O=C(NCCO)C(F)(F)C(F)(F)C(F)(F)C(=O)NCCO. The van der Waals surface area contributed by atoms with Crippen LogP contribution in [-0.4, -0.2) is 66.1 Å². The molecule has 0 aromatic heterocycles. The molecule has 0 aliphatic carbocycles. The monoisotopic (exact) mass is 326 g/mol. The molecule has 0 atom stereocenters. The highest BCUT2D eigenvalue weighted by Crippen LogP contribution is 2.45. The lowest BCUT2D eigenvalue weighted by atomic mass is 10.0. The fourth-order valence-corrected chi connectivity index (χ4v) is 1.04. The van der Waals surface area contributed by atoms with Crippen molar-refractivity contribution in [1.82, 2.24) is 10.6 Å². The molecular formula is C9H12F6N2O4. The van der Waals surface area contributed by atoms with E-state index in [0.717, 1.165) is 10.6 Å². The highest BCUT2D eigenvalue weighted by atomic mass is 19.3. The van der Waals surface area contributed by atoms with Gasteiger partial charge in [0.1, 0.15) is 0 Å². The fraction of sp³-hybridized carbons (Fsp3) is 0.778. The van der Waals surface area contributed by atoms with Gasteiger partial charge in [-0.25, -0.2) is 0 Å². The van der Waals surface area contributed by atoms with Crippen molar-refractivity contribution >= 4 is 11.8 Å². The molecule has 21 heavy (non-hydrogen) atoms. The molecule has 0 unspecified atom stereocenters. The molecule has 0 aromatic rings. The molecule has 0 aliphatic heterocycles. The van der Waals surface area contributed by atoms with Gasteiger partial charge in [-0.2, -0.15) is 26.3 Å². The van der Waals surface area contributed by atoms with Crippen molar-refractivity contribution in [2.24, 2.45) is 0 Å². The first-order valence-electron chi connectivity index (χ1n) is 5.38. The van der Waals surface area contributed by atoms with Gasteiger partial charge in [0.2, 0.25) is 0 Å². The molecule has 0 spiro atoms. The molecule has 2 amide bonds. The minimum atomic E-state index is -6.32.